The molecule has 2 aromatic heterocycles. The lowest BCUT2D eigenvalue weighted by molar-refractivity contribution is 0.400. The zero-order valence-electron chi connectivity index (χ0n) is 17.4. The third-order valence-corrected chi connectivity index (χ3v) is 6.28. The fourth-order valence-electron chi connectivity index (χ4n) is 3.24. The zero-order valence-corrected chi connectivity index (χ0v) is 18.9. The Balaban J connectivity index is 1.77. The van der Waals surface area contributed by atoms with E-state index in [1.807, 2.05) is 60.0 Å². The molecule has 31 heavy (non-hydrogen) atoms. The number of nitrogens with zero attached hydrogens (tertiary/aromatic N) is 4. The SMILES string of the molecule is COc1ccc(OC)c(CSc2nnc(-c3ccncc3)n2-c2cccc(Cl)c2C)c1. The molecule has 4 aromatic rings. The Hall–Kier alpha value is -3.03. The molecule has 0 saturated heterocycles. The van der Waals surface area contributed by atoms with E-state index in [4.69, 9.17) is 21.1 Å². The van der Waals surface area contributed by atoms with Gasteiger partial charge >= 0.3 is 0 Å². The lowest BCUT2D eigenvalue weighted by atomic mass is 10.2. The first-order valence-electron chi connectivity index (χ1n) is 9.57. The molecule has 0 amide bonds. The van der Waals surface area contributed by atoms with Crippen molar-refractivity contribution in [3.63, 3.8) is 0 Å². The summed E-state index contributed by atoms with van der Waals surface area (Å²) in [6.07, 6.45) is 3.49. The van der Waals surface area contributed by atoms with Gasteiger partial charge in [-0.1, -0.05) is 29.4 Å². The van der Waals surface area contributed by atoms with E-state index >= 15 is 0 Å². The smallest absolute Gasteiger partial charge is 0.196 e. The molecule has 0 radical (unpaired) electrons. The van der Waals surface area contributed by atoms with Crippen LogP contribution in [0.25, 0.3) is 17.1 Å². The van der Waals surface area contributed by atoms with Crippen molar-refractivity contribution in [1.82, 2.24) is 19.7 Å². The topological polar surface area (TPSA) is 62.1 Å². The Labute approximate surface area is 190 Å². The largest absolute Gasteiger partial charge is 0.497 e. The van der Waals surface area contributed by atoms with Crippen LogP contribution in [0.4, 0.5) is 0 Å². The van der Waals surface area contributed by atoms with Gasteiger partial charge in [0.15, 0.2) is 11.0 Å². The summed E-state index contributed by atoms with van der Waals surface area (Å²) in [6.45, 7) is 1.99. The summed E-state index contributed by atoms with van der Waals surface area (Å²) in [5.41, 5.74) is 3.83. The van der Waals surface area contributed by atoms with Gasteiger partial charge in [-0.05, 0) is 55.0 Å². The highest BCUT2D eigenvalue weighted by Gasteiger charge is 2.19. The van der Waals surface area contributed by atoms with Crippen LogP contribution in [0, 0.1) is 6.92 Å². The minimum atomic E-state index is 0.633. The molecule has 0 atom stereocenters. The molecule has 2 aromatic carbocycles. The van der Waals surface area contributed by atoms with Gasteiger partial charge in [0.25, 0.3) is 0 Å². The number of pyridine rings is 1. The summed E-state index contributed by atoms with van der Waals surface area (Å²) < 4.78 is 12.9. The van der Waals surface area contributed by atoms with Crippen LogP contribution < -0.4 is 9.47 Å². The highest BCUT2D eigenvalue weighted by molar-refractivity contribution is 7.98. The predicted molar refractivity (Wildman–Crippen MR) is 123 cm³/mol. The number of hydrogen-bond acceptors (Lipinski definition) is 6. The second-order valence-electron chi connectivity index (χ2n) is 6.73. The fraction of sp³-hybridized carbons (Fsp3) is 0.174. The Morgan fingerprint density at radius 1 is 1.00 bits per heavy atom. The quantitative estimate of drug-likeness (QED) is 0.340. The van der Waals surface area contributed by atoms with Crippen LogP contribution in [0.15, 0.2) is 66.1 Å². The number of rotatable bonds is 7. The summed E-state index contributed by atoms with van der Waals surface area (Å²) in [6, 6.07) is 15.4. The average molecular weight is 453 g/mol. The van der Waals surface area contributed by atoms with Crippen LogP contribution in [0.1, 0.15) is 11.1 Å². The lowest BCUT2D eigenvalue weighted by Gasteiger charge is -2.14. The van der Waals surface area contributed by atoms with Crippen molar-refractivity contribution >= 4 is 23.4 Å². The van der Waals surface area contributed by atoms with Gasteiger partial charge in [0.05, 0.1) is 19.9 Å². The van der Waals surface area contributed by atoms with Crippen LogP contribution in [-0.2, 0) is 5.75 Å². The number of thioether (sulfide) groups is 1. The van der Waals surface area contributed by atoms with E-state index < -0.39 is 0 Å². The Kier molecular flexibility index (Phi) is 6.44. The number of aromatic nitrogens is 4. The molecule has 4 rings (SSSR count). The fourth-order valence-corrected chi connectivity index (χ4v) is 4.34. The van der Waals surface area contributed by atoms with E-state index in [1.165, 1.54) is 0 Å². The summed E-state index contributed by atoms with van der Waals surface area (Å²) in [4.78, 5) is 4.11. The average Bonchev–Trinajstić information content (AvgIpc) is 3.23. The molecule has 0 unspecified atom stereocenters. The minimum absolute atomic E-state index is 0.633. The second kappa shape index (κ2) is 9.41. The van der Waals surface area contributed by atoms with Gasteiger partial charge in [0, 0.05) is 34.3 Å². The molecule has 0 aliphatic heterocycles. The first-order chi connectivity index (χ1) is 15.1. The van der Waals surface area contributed by atoms with Crippen LogP contribution in [0.5, 0.6) is 11.5 Å². The van der Waals surface area contributed by atoms with Crippen molar-refractivity contribution in [1.29, 1.82) is 0 Å². The van der Waals surface area contributed by atoms with E-state index in [0.29, 0.717) is 10.8 Å². The van der Waals surface area contributed by atoms with Crippen molar-refractivity contribution in [2.45, 2.75) is 17.8 Å². The van der Waals surface area contributed by atoms with Gasteiger partial charge in [-0.15, -0.1) is 10.2 Å². The molecule has 0 saturated carbocycles. The Morgan fingerprint density at radius 2 is 1.81 bits per heavy atom. The molecule has 0 aliphatic rings. The molecule has 6 nitrogen and oxygen atoms in total. The van der Waals surface area contributed by atoms with E-state index in [0.717, 1.165) is 44.9 Å². The number of benzene rings is 2. The van der Waals surface area contributed by atoms with Crippen LogP contribution >= 0.6 is 23.4 Å². The van der Waals surface area contributed by atoms with Crippen molar-refractivity contribution in [3.8, 4) is 28.6 Å². The van der Waals surface area contributed by atoms with Crippen LogP contribution in [0.3, 0.4) is 0 Å². The molecule has 158 valence electrons. The zero-order chi connectivity index (χ0) is 21.8. The van der Waals surface area contributed by atoms with Gasteiger partial charge in [-0.25, -0.2) is 0 Å². The number of methoxy groups -OCH3 is 2. The molecular weight excluding hydrogens is 432 g/mol. The maximum atomic E-state index is 6.43. The van der Waals surface area contributed by atoms with Crippen molar-refractivity contribution < 1.29 is 9.47 Å². The molecule has 0 bridgehead atoms. The molecule has 0 N–H and O–H groups in total. The minimum Gasteiger partial charge on any atom is -0.497 e. The van der Waals surface area contributed by atoms with Gasteiger partial charge in [-0.3, -0.25) is 9.55 Å². The first kappa shape index (κ1) is 21.2. The van der Waals surface area contributed by atoms with Crippen LogP contribution in [0.2, 0.25) is 5.02 Å². The molecule has 8 heteroatoms. The Morgan fingerprint density at radius 3 is 2.55 bits per heavy atom. The van der Waals surface area contributed by atoms with Crippen molar-refractivity contribution in [2.24, 2.45) is 0 Å². The molecule has 0 fully saturated rings. The normalized spacial score (nSPS) is 10.8. The van der Waals surface area contributed by atoms with E-state index in [-0.39, 0.29) is 0 Å². The summed E-state index contributed by atoms with van der Waals surface area (Å²) in [5.74, 6) is 2.94. The number of hydrogen-bond donors (Lipinski definition) is 0. The summed E-state index contributed by atoms with van der Waals surface area (Å²) in [5, 5.41) is 10.4. The number of halogens is 1. The van der Waals surface area contributed by atoms with Gasteiger partial charge in [-0.2, -0.15) is 0 Å². The monoisotopic (exact) mass is 452 g/mol. The van der Waals surface area contributed by atoms with Crippen LogP contribution in [-0.4, -0.2) is 34.0 Å². The van der Waals surface area contributed by atoms with E-state index in [2.05, 4.69) is 15.2 Å². The molecule has 0 spiro atoms. The standard InChI is InChI=1S/C23H21ClN4O2S/c1-15-19(24)5-4-6-20(15)28-22(16-9-11-25-12-10-16)26-27-23(28)31-14-17-13-18(29-2)7-8-21(17)30-3/h4-13H,14H2,1-3H3. The third kappa shape index (κ3) is 4.38. The second-order valence-corrected chi connectivity index (χ2v) is 8.08. The molecule has 0 aliphatic carbocycles. The molecule has 2 heterocycles. The van der Waals surface area contributed by atoms with Crippen molar-refractivity contribution in [3.05, 3.63) is 77.1 Å². The number of ether oxygens (including phenoxy) is 2. The van der Waals surface area contributed by atoms with E-state index in [1.54, 1.807) is 38.4 Å². The summed E-state index contributed by atoms with van der Waals surface area (Å²) >= 11 is 7.99. The van der Waals surface area contributed by atoms with Gasteiger partial charge < -0.3 is 9.47 Å². The predicted octanol–water partition coefficient (Wildman–Crippen LogP) is 5.60. The molecular formula is C23H21ClN4O2S. The van der Waals surface area contributed by atoms with E-state index in [9.17, 15) is 0 Å². The lowest BCUT2D eigenvalue weighted by Crippen LogP contribution is -2.02. The van der Waals surface area contributed by atoms with Gasteiger partial charge in [0.1, 0.15) is 11.5 Å². The maximum absolute atomic E-state index is 6.43. The Bertz CT molecular complexity index is 1200. The summed E-state index contributed by atoms with van der Waals surface area (Å²) in [7, 11) is 3.31. The highest BCUT2D eigenvalue weighted by Crippen LogP contribution is 2.35. The van der Waals surface area contributed by atoms with Gasteiger partial charge in [0.2, 0.25) is 0 Å². The van der Waals surface area contributed by atoms with Crippen molar-refractivity contribution in [2.75, 3.05) is 14.2 Å². The maximum Gasteiger partial charge on any atom is 0.196 e. The first-order valence-corrected chi connectivity index (χ1v) is 10.9. The highest BCUT2D eigenvalue weighted by atomic mass is 35.5. The third-order valence-electron chi connectivity index (χ3n) is 4.90.